The summed E-state index contributed by atoms with van der Waals surface area (Å²) in [5.74, 6) is 1.40. The Morgan fingerprint density at radius 1 is 1.19 bits per heavy atom. The highest BCUT2D eigenvalue weighted by molar-refractivity contribution is 5.98. The van der Waals surface area contributed by atoms with Gasteiger partial charge in [0.05, 0.1) is 7.11 Å². The Hall–Kier alpha value is -3.62. The predicted octanol–water partition coefficient (Wildman–Crippen LogP) is 2.68. The van der Waals surface area contributed by atoms with Gasteiger partial charge in [0.25, 0.3) is 11.8 Å². The van der Waals surface area contributed by atoms with Gasteiger partial charge in [-0.3, -0.25) is 14.3 Å². The number of aromatic amines is 1. The summed E-state index contributed by atoms with van der Waals surface area (Å²) in [6.45, 7) is 3.97. The monoisotopic (exact) mass is 436 g/mol. The molecule has 4 rings (SSSR count). The van der Waals surface area contributed by atoms with Crippen LogP contribution in [-0.4, -0.2) is 63.7 Å². The zero-order valence-corrected chi connectivity index (χ0v) is 18.6. The van der Waals surface area contributed by atoms with Crippen LogP contribution in [0.15, 0.2) is 36.5 Å². The maximum Gasteiger partial charge on any atom is 0.274 e. The van der Waals surface area contributed by atoms with E-state index >= 15 is 0 Å². The molecular formula is C23H28N6O3. The van der Waals surface area contributed by atoms with Crippen LogP contribution in [0.2, 0.25) is 0 Å². The molecule has 1 aromatic carbocycles. The highest BCUT2D eigenvalue weighted by Gasteiger charge is 2.29. The summed E-state index contributed by atoms with van der Waals surface area (Å²) >= 11 is 0. The van der Waals surface area contributed by atoms with Gasteiger partial charge in [-0.1, -0.05) is 0 Å². The molecule has 0 saturated carbocycles. The maximum absolute atomic E-state index is 12.8. The third kappa shape index (κ3) is 4.23. The van der Waals surface area contributed by atoms with E-state index in [0.29, 0.717) is 30.2 Å². The highest BCUT2D eigenvalue weighted by Crippen LogP contribution is 2.31. The highest BCUT2D eigenvalue weighted by atomic mass is 16.5. The Labute approximate surface area is 186 Å². The van der Waals surface area contributed by atoms with E-state index in [1.807, 2.05) is 42.3 Å². The number of imidazole rings is 1. The molecule has 2 N–H and O–H groups in total. The Bertz CT molecular complexity index is 1090. The average Bonchev–Trinajstić information content (AvgIpc) is 3.51. The Morgan fingerprint density at radius 3 is 2.50 bits per heavy atom. The summed E-state index contributed by atoms with van der Waals surface area (Å²) in [4.78, 5) is 35.1. The number of rotatable bonds is 6. The van der Waals surface area contributed by atoms with Crippen LogP contribution in [0.1, 0.15) is 52.5 Å². The normalized spacial score (nSPS) is 14.4. The number of nitrogens with one attached hydrogen (secondary N) is 2. The number of likely N-dealkylation sites (tertiary alicyclic amines) is 1. The zero-order chi connectivity index (χ0) is 22.7. The molecule has 3 heterocycles. The molecule has 1 aliphatic rings. The first-order valence-corrected chi connectivity index (χ1v) is 10.8. The largest absolute Gasteiger partial charge is 0.497 e. The fourth-order valence-electron chi connectivity index (χ4n) is 4.00. The third-order valence-electron chi connectivity index (χ3n) is 5.89. The van der Waals surface area contributed by atoms with Crippen LogP contribution in [0.4, 0.5) is 0 Å². The van der Waals surface area contributed by atoms with Crippen molar-refractivity contribution in [3.63, 3.8) is 0 Å². The molecule has 1 saturated heterocycles. The molecule has 0 spiro atoms. The van der Waals surface area contributed by atoms with Crippen LogP contribution in [-0.2, 0) is 6.54 Å². The lowest BCUT2D eigenvalue weighted by Crippen LogP contribution is -2.38. The van der Waals surface area contributed by atoms with Gasteiger partial charge >= 0.3 is 0 Å². The van der Waals surface area contributed by atoms with E-state index in [9.17, 15) is 9.59 Å². The second-order valence-electron chi connectivity index (χ2n) is 7.78. The number of benzene rings is 1. The Balaban J connectivity index is 1.51. The second-order valence-corrected chi connectivity index (χ2v) is 7.78. The molecule has 2 amide bonds. The molecule has 0 radical (unpaired) electrons. The summed E-state index contributed by atoms with van der Waals surface area (Å²) < 4.78 is 6.98. The topological polar surface area (TPSA) is 105 Å². The first kappa shape index (κ1) is 21.6. The van der Waals surface area contributed by atoms with Gasteiger partial charge in [-0.2, -0.15) is 5.10 Å². The summed E-state index contributed by atoms with van der Waals surface area (Å²) in [7, 11) is 3.22. The number of piperidine rings is 1. The number of amides is 2. The Morgan fingerprint density at radius 2 is 1.91 bits per heavy atom. The van der Waals surface area contributed by atoms with Crippen LogP contribution in [0.5, 0.6) is 5.75 Å². The number of hydrogen-bond donors (Lipinski definition) is 2. The quantitative estimate of drug-likeness (QED) is 0.618. The van der Waals surface area contributed by atoms with Crippen molar-refractivity contribution in [3.05, 3.63) is 53.7 Å². The smallest absolute Gasteiger partial charge is 0.274 e. The number of carbonyl (C=O) groups is 2. The van der Waals surface area contributed by atoms with E-state index in [-0.39, 0.29) is 17.7 Å². The van der Waals surface area contributed by atoms with Crippen molar-refractivity contribution >= 4 is 11.8 Å². The first-order valence-electron chi connectivity index (χ1n) is 10.8. The molecule has 0 atom stereocenters. The molecule has 9 heteroatoms. The number of methoxy groups -OCH3 is 1. The molecule has 1 aliphatic heterocycles. The summed E-state index contributed by atoms with van der Waals surface area (Å²) in [5, 5.41) is 7.00. The second kappa shape index (κ2) is 9.25. The van der Waals surface area contributed by atoms with Gasteiger partial charge < -0.3 is 19.9 Å². The number of carbonyl (C=O) groups excluding carboxylic acids is 2. The van der Waals surface area contributed by atoms with Crippen LogP contribution in [0, 0.1) is 0 Å². The lowest BCUT2D eigenvalue weighted by molar-refractivity contribution is 0.0704. The number of aryl methyl sites for hydroxylation is 1. The summed E-state index contributed by atoms with van der Waals surface area (Å²) in [5.41, 5.74) is 2.37. The van der Waals surface area contributed by atoms with Crippen molar-refractivity contribution in [2.24, 2.45) is 0 Å². The molecule has 3 aromatic rings. The molecule has 168 valence electrons. The van der Waals surface area contributed by atoms with Gasteiger partial charge in [0.1, 0.15) is 28.7 Å². The fourth-order valence-corrected chi connectivity index (χ4v) is 4.00. The fraction of sp³-hybridized carbons (Fsp3) is 0.391. The average molecular weight is 437 g/mol. The lowest BCUT2D eigenvalue weighted by Gasteiger charge is -2.30. The van der Waals surface area contributed by atoms with Crippen molar-refractivity contribution in [3.8, 4) is 17.0 Å². The molecule has 2 aromatic heterocycles. The van der Waals surface area contributed by atoms with Gasteiger partial charge in [-0.05, 0) is 50.1 Å². The van der Waals surface area contributed by atoms with Crippen molar-refractivity contribution < 1.29 is 14.3 Å². The van der Waals surface area contributed by atoms with E-state index in [1.165, 1.54) is 0 Å². The minimum absolute atomic E-state index is 0.0416. The number of ether oxygens (including phenoxy) is 1. The van der Waals surface area contributed by atoms with E-state index < -0.39 is 0 Å². The van der Waals surface area contributed by atoms with Crippen LogP contribution in [0.25, 0.3) is 11.3 Å². The molecule has 0 aliphatic carbocycles. The van der Waals surface area contributed by atoms with Gasteiger partial charge in [0.2, 0.25) is 0 Å². The van der Waals surface area contributed by atoms with Gasteiger partial charge in [-0.15, -0.1) is 0 Å². The van der Waals surface area contributed by atoms with E-state index in [4.69, 9.17) is 9.72 Å². The van der Waals surface area contributed by atoms with Crippen LogP contribution < -0.4 is 10.1 Å². The SMILES string of the molecule is CCn1ccc(C(=O)N2CCC(c3nc(-c4ccc(OC)cc4)c(C(=O)NC)[nH]3)CC2)n1. The van der Waals surface area contributed by atoms with E-state index in [1.54, 1.807) is 24.9 Å². The van der Waals surface area contributed by atoms with Crippen molar-refractivity contribution in [1.82, 2.24) is 30.0 Å². The summed E-state index contributed by atoms with van der Waals surface area (Å²) in [6, 6.07) is 9.24. The lowest BCUT2D eigenvalue weighted by atomic mass is 9.96. The Kier molecular flexibility index (Phi) is 6.25. The van der Waals surface area contributed by atoms with Gasteiger partial charge in [-0.25, -0.2) is 4.98 Å². The molecule has 0 bridgehead atoms. The van der Waals surface area contributed by atoms with Gasteiger partial charge in [0.15, 0.2) is 0 Å². The molecule has 32 heavy (non-hydrogen) atoms. The van der Waals surface area contributed by atoms with Crippen molar-refractivity contribution in [1.29, 1.82) is 0 Å². The van der Waals surface area contributed by atoms with Gasteiger partial charge in [0, 0.05) is 44.4 Å². The van der Waals surface area contributed by atoms with Crippen molar-refractivity contribution in [2.75, 3.05) is 27.2 Å². The number of aromatic nitrogens is 4. The van der Waals surface area contributed by atoms with E-state index in [0.717, 1.165) is 36.5 Å². The maximum atomic E-state index is 12.8. The molecular weight excluding hydrogens is 408 g/mol. The number of nitrogens with zero attached hydrogens (tertiary/aromatic N) is 4. The standard InChI is InChI=1S/C23H28N6O3/c1-4-29-14-11-18(27-29)23(31)28-12-9-16(10-13-28)21-25-19(20(26-21)22(30)24-2)15-5-7-17(32-3)8-6-15/h5-8,11,14,16H,4,9-10,12-13H2,1-3H3,(H,24,30)(H,25,26). The number of hydrogen-bond acceptors (Lipinski definition) is 5. The molecule has 0 unspecified atom stereocenters. The minimum Gasteiger partial charge on any atom is -0.497 e. The predicted molar refractivity (Wildman–Crippen MR) is 120 cm³/mol. The minimum atomic E-state index is -0.214. The summed E-state index contributed by atoms with van der Waals surface area (Å²) in [6.07, 6.45) is 3.36. The third-order valence-corrected chi connectivity index (χ3v) is 5.89. The number of H-pyrrole nitrogens is 1. The molecule has 9 nitrogen and oxygen atoms in total. The molecule has 1 fully saturated rings. The van der Waals surface area contributed by atoms with Crippen LogP contribution >= 0.6 is 0 Å². The van der Waals surface area contributed by atoms with E-state index in [2.05, 4.69) is 15.4 Å². The van der Waals surface area contributed by atoms with Crippen molar-refractivity contribution in [2.45, 2.75) is 32.2 Å². The van der Waals surface area contributed by atoms with Crippen LogP contribution in [0.3, 0.4) is 0 Å². The first-order chi connectivity index (χ1) is 15.5. The zero-order valence-electron chi connectivity index (χ0n) is 18.6.